The molecule has 1 atom stereocenters. The summed E-state index contributed by atoms with van der Waals surface area (Å²) < 4.78 is 0. The molecule has 0 heterocycles. The van der Waals surface area contributed by atoms with Gasteiger partial charge in [-0.2, -0.15) is 0 Å². The summed E-state index contributed by atoms with van der Waals surface area (Å²) in [6.45, 7) is 3.89. The summed E-state index contributed by atoms with van der Waals surface area (Å²) >= 11 is 5.98. The average Bonchev–Trinajstić information content (AvgIpc) is 2.38. The first-order valence-corrected chi connectivity index (χ1v) is 6.61. The standard InChI is InChI=1S/C13H20ClN3O2/c1-9(5-4-8-18)15-13(19)17-16-12-7-3-6-11(14)10(12)2/h3,6-7,9,16,18H,4-5,8H2,1-2H3,(H2,15,17,19). The second-order valence-electron chi connectivity index (χ2n) is 4.40. The lowest BCUT2D eigenvalue weighted by molar-refractivity contribution is 0.236. The molecular weight excluding hydrogens is 266 g/mol. The van der Waals surface area contributed by atoms with Crippen molar-refractivity contribution in [1.82, 2.24) is 10.7 Å². The Bertz CT molecular complexity index is 426. The molecule has 0 radical (unpaired) electrons. The zero-order valence-corrected chi connectivity index (χ0v) is 11.9. The van der Waals surface area contributed by atoms with Gasteiger partial charge in [0.2, 0.25) is 0 Å². The first-order valence-electron chi connectivity index (χ1n) is 6.23. The Kier molecular flexibility index (Phi) is 6.45. The van der Waals surface area contributed by atoms with Crippen molar-refractivity contribution < 1.29 is 9.90 Å². The third-order valence-electron chi connectivity index (χ3n) is 2.75. The SMILES string of the molecule is Cc1c(Cl)cccc1NNC(=O)NC(C)CCCO. The normalized spacial score (nSPS) is 11.8. The zero-order chi connectivity index (χ0) is 14.3. The molecule has 0 bridgehead atoms. The van der Waals surface area contributed by atoms with E-state index in [4.69, 9.17) is 16.7 Å². The number of hydrogen-bond acceptors (Lipinski definition) is 3. The Morgan fingerprint density at radius 3 is 2.89 bits per heavy atom. The van der Waals surface area contributed by atoms with Gasteiger partial charge in [-0.1, -0.05) is 17.7 Å². The molecular formula is C13H20ClN3O2. The number of hydrazine groups is 1. The van der Waals surface area contributed by atoms with Gasteiger partial charge in [0.25, 0.3) is 0 Å². The van der Waals surface area contributed by atoms with Crippen LogP contribution in [-0.2, 0) is 0 Å². The molecule has 1 rings (SSSR count). The third kappa shape index (κ3) is 5.36. The number of anilines is 1. The highest BCUT2D eigenvalue weighted by Gasteiger charge is 2.07. The molecule has 2 amide bonds. The Labute approximate surface area is 118 Å². The molecule has 1 aromatic carbocycles. The van der Waals surface area contributed by atoms with Crippen LogP contribution < -0.4 is 16.2 Å². The summed E-state index contributed by atoms with van der Waals surface area (Å²) in [5, 5.41) is 12.1. The second kappa shape index (κ2) is 7.86. The van der Waals surface area contributed by atoms with E-state index in [0.717, 1.165) is 17.7 Å². The van der Waals surface area contributed by atoms with Gasteiger partial charge in [-0.15, -0.1) is 0 Å². The Morgan fingerprint density at radius 2 is 2.21 bits per heavy atom. The molecule has 4 N–H and O–H groups in total. The van der Waals surface area contributed by atoms with Crippen molar-refractivity contribution in [3.8, 4) is 0 Å². The summed E-state index contributed by atoms with van der Waals surface area (Å²) in [5.41, 5.74) is 7.00. The van der Waals surface area contributed by atoms with Gasteiger partial charge in [0.1, 0.15) is 0 Å². The van der Waals surface area contributed by atoms with Gasteiger partial charge >= 0.3 is 6.03 Å². The van der Waals surface area contributed by atoms with Crippen molar-refractivity contribution >= 4 is 23.3 Å². The number of nitrogens with one attached hydrogen (secondary N) is 3. The zero-order valence-electron chi connectivity index (χ0n) is 11.2. The van der Waals surface area contributed by atoms with E-state index < -0.39 is 0 Å². The first kappa shape index (κ1) is 15.6. The van der Waals surface area contributed by atoms with Crippen molar-refractivity contribution in [2.24, 2.45) is 0 Å². The van der Waals surface area contributed by atoms with E-state index in [-0.39, 0.29) is 18.7 Å². The average molecular weight is 286 g/mol. The van der Waals surface area contributed by atoms with Gasteiger partial charge in [0, 0.05) is 17.7 Å². The van der Waals surface area contributed by atoms with Crippen molar-refractivity contribution in [3.05, 3.63) is 28.8 Å². The largest absolute Gasteiger partial charge is 0.396 e. The van der Waals surface area contributed by atoms with Gasteiger partial charge in [0.05, 0.1) is 5.69 Å². The number of amides is 2. The van der Waals surface area contributed by atoms with Crippen LogP contribution in [0.4, 0.5) is 10.5 Å². The lowest BCUT2D eigenvalue weighted by atomic mass is 10.2. The Hall–Kier alpha value is -1.46. The number of carbonyl (C=O) groups is 1. The van der Waals surface area contributed by atoms with Gasteiger partial charge in [-0.05, 0) is 44.4 Å². The maximum atomic E-state index is 11.6. The minimum absolute atomic E-state index is 0.00871. The predicted octanol–water partition coefficient (Wildman–Crippen LogP) is 2.44. The number of carbonyl (C=O) groups excluding carboxylic acids is 1. The number of aliphatic hydroxyl groups is 1. The maximum absolute atomic E-state index is 11.6. The fourth-order valence-corrected chi connectivity index (χ4v) is 1.77. The summed E-state index contributed by atoms with van der Waals surface area (Å²) in [6, 6.07) is 5.12. The highest BCUT2D eigenvalue weighted by atomic mass is 35.5. The molecule has 5 nitrogen and oxygen atoms in total. The molecule has 19 heavy (non-hydrogen) atoms. The maximum Gasteiger partial charge on any atom is 0.333 e. The highest BCUT2D eigenvalue weighted by molar-refractivity contribution is 6.31. The second-order valence-corrected chi connectivity index (χ2v) is 4.81. The molecule has 0 aliphatic heterocycles. The number of rotatable bonds is 6. The fourth-order valence-electron chi connectivity index (χ4n) is 1.60. The molecule has 0 saturated carbocycles. The van der Waals surface area contributed by atoms with Gasteiger partial charge < -0.3 is 10.4 Å². The van der Waals surface area contributed by atoms with Crippen LogP contribution in [0.25, 0.3) is 0 Å². The van der Waals surface area contributed by atoms with E-state index in [1.54, 1.807) is 12.1 Å². The Balaban J connectivity index is 2.40. The predicted molar refractivity (Wildman–Crippen MR) is 77.3 cm³/mol. The van der Waals surface area contributed by atoms with Gasteiger partial charge in [0.15, 0.2) is 0 Å². The van der Waals surface area contributed by atoms with E-state index in [1.807, 2.05) is 19.9 Å². The molecule has 1 unspecified atom stereocenters. The number of aliphatic hydroxyl groups excluding tert-OH is 1. The van der Waals surface area contributed by atoms with E-state index >= 15 is 0 Å². The van der Waals surface area contributed by atoms with Crippen LogP contribution in [0.3, 0.4) is 0 Å². The summed E-state index contributed by atoms with van der Waals surface area (Å²) in [5.74, 6) is 0. The van der Waals surface area contributed by atoms with Crippen molar-refractivity contribution in [2.75, 3.05) is 12.0 Å². The summed E-state index contributed by atoms with van der Waals surface area (Å²) in [7, 11) is 0. The quantitative estimate of drug-likeness (QED) is 0.607. The van der Waals surface area contributed by atoms with Crippen LogP contribution >= 0.6 is 11.6 Å². The van der Waals surface area contributed by atoms with Crippen LogP contribution in [0, 0.1) is 6.92 Å². The summed E-state index contributed by atoms with van der Waals surface area (Å²) in [4.78, 5) is 11.6. The van der Waals surface area contributed by atoms with E-state index in [9.17, 15) is 4.79 Å². The first-order chi connectivity index (χ1) is 9.04. The smallest absolute Gasteiger partial charge is 0.333 e. The molecule has 0 aliphatic rings. The topological polar surface area (TPSA) is 73.4 Å². The number of hydrogen-bond donors (Lipinski definition) is 4. The molecule has 0 aromatic heterocycles. The van der Waals surface area contributed by atoms with Gasteiger partial charge in [-0.3, -0.25) is 10.9 Å². The van der Waals surface area contributed by atoms with Crippen LogP contribution in [0.2, 0.25) is 5.02 Å². The van der Waals surface area contributed by atoms with E-state index in [0.29, 0.717) is 11.4 Å². The molecule has 6 heteroatoms. The monoisotopic (exact) mass is 285 g/mol. The molecule has 106 valence electrons. The lowest BCUT2D eigenvalue weighted by Gasteiger charge is -2.16. The van der Waals surface area contributed by atoms with Crippen molar-refractivity contribution in [2.45, 2.75) is 32.7 Å². The minimum atomic E-state index is -0.315. The van der Waals surface area contributed by atoms with E-state index in [1.165, 1.54) is 0 Å². The third-order valence-corrected chi connectivity index (χ3v) is 3.16. The van der Waals surface area contributed by atoms with Crippen LogP contribution in [-0.4, -0.2) is 23.8 Å². The van der Waals surface area contributed by atoms with Crippen molar-refractivity contribution in [3.63, 3.8) is 0 Å². The van der Waals surface area contributed by atoms with Crippen LogP contribution in [0.15, 0.2) is 18.2 Å². The Morgan fingerprint density at radius 1 is 1.47 bits per heavy atom. The molecule has 0 aliphatic carbocycles. The molecule has 1 aromatic rings. The summed E-state index contributed by atoms with van der Waals surface area (Å²) in [6.07, 6.45) is 1.41. The molecule has 0 spiro atoms. The minimum Gasteiger partial charge on any atom is -0.396 e. The van der Waals surface area contributed by atoms with Gasteiger partial charge in [-0.25, -0.2) is 4.79 Å². The van der Waals surface area contributed by atoms with Crippen LogP contribution in [0.5, 0.6) is 0 Å². The molecule has 0 fully saturated rings. The molecule has 0 saturated heterocycles. The lowest BCUT2D eigenvalue weighted by Crippen LogP contribution is -2.43. The highest BCUT2D eigenvalue weighted by Crippen LogP contribution is 2.21. The number of halogens is 1. The number of urea groups is 1. The van der Waals surface area contributed by atoms with E-state index in [2.05, 4.69) is 16.2 Å². The van der Waals surface area contributed by atoms with Crippen LogP contribution in [0.1, 0.15) is 25.3 Å². The van der Waals surface area contributed by atoms with Crippen molar-refractivity contribution in [1.29, 1.82) is 0 Å². The number of benzene rings is 1. The fraction of sp³-hybridized carbons (Fsp3) is 0.462.